The van der Waals surface area contributed by atoms with E-state index in [0.717, 1.165) is 50.5 Å². The standard InChI is InChI=1S/C24H37N5/c1-19-17-24(29-15-13-28(3)14-16-29)26-23-7-6-20(18-22(19)23)5-4-10-25-21-8-11-27(2)12-9-21/h6-7,17-18,21,25H,4-5,8-16H2,1-3H3. The summed E-state index contributed by atoms with van der Waals surface area (Å²) in [6, 6.07) is 9.85. The first-order valence-electron chi connectivity index (χ1n) is 11.3. The SMILES string of the molecule is Cc1cc(N2CCN(C)CC2)nc2ccc(CCCNC3CCN(C)CC3)cc12. The Morgan fingerprint density at radius 3 is 2.45 bits per heavy atom. The third-order valence-electron chi connectivity index (χ3n) is 6.69. The number of pyridine rings is 1. The quantitative estimate of drug-likeness (QED) is 0.761. The molecule has 2 saturated heterocycles. The second-order valence-corrected chi connectivity index (χ2v) is 9.07. The molecule has 1 aromatic heterocycles. The van der Waals surface area contributed by atoms with Crippen LogP contribution in [0.25, 0.3) is 10.9 Å². The molecular formula is C24H37N5. The summed E-state index contributed by atoms with van der Waals surface area (Å²) in [7, 11) is 4.42. The van der Waals surface area contributed by atoms with Gasteiger partial charge in [0.05, 0.1) is 5.52 Å². The van der Waals surface area contributed by atoms with Crippen LogP contribution in [0.2, 0.25) is 0 Å². The molecule has 29 heavy (non-hydrogen) atoms. The molecule has 3 heterocycles. The normalized spacial score (nSPS) is 19.9. The Morgan fingerprint density at radius 2 is 1.69 bits per heavy atom. The fourth-order valence-corrected chi connectivity index (χ4v) is 4.59. The summed E-state index contributed by atoms with van der Waals surface area (Å²) in [6.45, 7) is 10.2. The van der Waals surface area contributed by atoms with Crippen LogP contribution in [-0.4, -0.2) is 80.7 Å². The van der Waals surface area contributed by atoms with Gasteiger partial charge in [0.25, 0.3) is 0 Å². The summed E-state index contributed by atoms with van der Waals surface area (Å²) in [4.78, 5) is 12.2. The van der Waals surface area contributed by atoms with Crippen molar-refractivity contribution in [1.82, 2.24) is 20.1 Å². The molecule has 2 fully saturated rings. The molecule has 1 aromatic carbocycles. The Bertz CT molecular complexity index is 804. The predicted molar refractivity (Wildman–Crippen MR) is 123 cm³/mol. The Hall–Kier alpha value is -1.69. The van der Waals surface area contributed by atoms with Crippen molar-refractivity contribution in [3.8, 4) is 0 Å². The van der Waals surface area contributed by atoms with Gasteiger partial charge < -0.3 is 20.0 Å². The zero-order chi connectivity index (χ0) is 20.2. The van der Waals surface area contributed by atoms with Gasteiger partial charge in [-0.3, -0.25) is 0 Å². The Balaban J connectivity index is 1.34. The van der Waals surface area contributed by atoms with Gasteiger partial charge in [-0.25, -0.2) is 4.98 Å². The van der Waals surface area contributed by atoms with Crippen LogP contribution in [0.4, 0.5) is 5.82 Å². The fraction of sp³-hybridized carbons (Fsp3) is 0.625. The molecule has 2 aliphatic heterocycles. The van der Waals surface area contributed by atoms with Crippen molar-refractivity contribution in [3.05, 3.63) is 35.4 Å². The van der Waals surface area contributed by atoms with Crippen LogP contribution < -0.4 is 10.2 Å². The molecule has 0 aliphatic carbocycles. The van der Waals surface area contributed by atoms with Crippen LogP contribution in [0.15, 0.2) is 24.3 Å². The molecule has 0 bridgehead atoms. The number of fused-ring (bicyclic) bond motifs is 1. The molecule has 2 aromatic rings. The minimum atomic E-state index is 0.710. The third kappa shape index (κ3) is 5.27. The van der Waals surface area contributed by atoms with E-state index in [4.69, 9.17) is 4.98 Å². The average Bonchev–Trinajstić information content (AvgIpc) is 2.73. The fourth-order valence-electron chi connectivity index (χ4n) is 4.59. The highest BCUT2D eigenvalue weighted by atomic mass is 15.3. The van der Waals surface area contributed by atoms with E-state index in [9.17, 15) is 0 Å². The van der Waals surface area contributed by atoms with E-state index in [1.54, 1.807) is 0 Å². The Labute approximate surface area is 176 Å². The van der Waals surface area contributed by atoms with Crippen molar-refractivity contribution in [2.24, 2.45) is 0 Å². The number of rotatable bonds is 6. The van der Waals surface area contributed by atoms with E-state index in [-0.39, 0.29) is 0 Å². The smallest absolute Gasteiger partial charge is 0.129 e. The summed E-state index contributed by atoms with van der Waals surface area (Å²) in [6.07, 6.45) is 4.90. The van der Waals surface area contributed by atoms with Crippen LogP contribution >= 0.6 is 0 Å². The lowest BCUT2D eigenvalue weighted by Gasteiger charge is -2.33. The van der Waals surface area contributed by atoms with Gasteiger partial charge >= 0.3 is 0 Å². The third-order valence-corrected chi connectivity index (χ3v) is 6.69. The van der Waals surface area contributed by atoms with Gasteiger partial charge in [0.15, 0.2) is 0 Å². The molecule has 0 amide bonds. The lowest BCUT2D eigenvalue weighted by atomic mass is 10.0. The number of hydrogen-bond donors (Lipinski definition) is 1. The van der Waals surface area contributed by atoms with Gasteiger partial charge in [0.1, 0.15) is 5.82 Å². The molecule has 0 saturated carbocycles. The topological polar surface area (TPSA) is 34.6 Å². The van der Waals surface area contributed by atoms with Crippen LogP contribution in [0, 0.1) is 6.92 Å². The molecule has 0 unspecified atom stereocenters. The van der Waals surface area contributed by atoms with Crippen LogP contribution in [0.3, 0.4) is 0 Å². The lowest BCUT2D eigenvalue weighted by Crippen LogP contribution is -2.44. The zero-order valence-corrected chi connectivity index (χ0v) is 18.5. The Kier molecular flexibility index (Phi) is 6.68. The number of hydrogen-bond acceptors (Lipinski definition) is 5. The van der Waals surface area contributed by atoms with Gasteiger partial charge in [0, 0.05) is 37.6 Å². The van der Waals surface area contributed by atoms with Gasteiger partial charge in [-0.1, -0.05) is 6.07 Å². The molecule has 0 spiro atoms. The molecule has 1 N–H and O–H groups in total. The first-order valence-corrected chi connectivity index (χ1v) is 11.3. The maximum absolute atomic E-state index is 4.98. The number of benzene rings is 1. The molecule has 5 nitrogen and oxygen atoms in total. The van der Waals surface area contributed by atoms with E-state index < -0.39 is 0 Å². The lowest BCUT2D eigenvalue weighted by molar-refractivity contribution is 0.235. The number of aromatic nitrogens is 1. The summed E-state index contributed by atoms with van der Waals surface area (Å²) in [5.74, 6) is 1.14. The summed E-state index contributed by atoms with van der Waals surface area (Å²) in [5, 5.41) is 5.07. The van der Waals surface area contributed by atoms with E-state index in [0.29, 0.717) is 6.04 Å². The first kappa shape index (κ1) is 20.6. The van der Waals surface area contributed by atoms with Gasteiger partial charge in [0.2, 0.25) is 0 Å². The van der Waals surface area contributed by atoms with Crippen molar-refractivity contribution in [2.45, 2.75) is 38.6 Å². The van der Waals surface area contributed by atoms with Gasteiger partial charge in [-0.2, -0.15) is 0 Å². The predicted octanol–water partition coefficient (Wildman–Crippen LogP) is 2.91. The molecule has 5 heteroatoms. The highest BCUT2D eigenvalue weighted by Gasteiger charge is 2.17. The van der Waals surface area contributed by atoms with Crippen molar-refractivity contribution < 1.29 is 0 Å². The number of piperazine rings is 1. The largest absolute Gasteiger partial charge is 0.354 e. The monoisotopic (exact) mass is 395 g/mol. The molecule has 4 rings (SSSR count). The highest BCUT2D eigenvalue weighted by Crippen LogP contribution is 2.24. The average molecular weight is 396 g/mol. The number of nitrogens with one attached hydrogen (secondary N) is 1. The van der Waals surface area contributed by atoms with Crippen LogP contribution in [-0.2, 0) is 6.42 Å². The van der Waals surface area contributed by atoms with Crippen molar-refractivity contribution in [2.75, 3.05) is 64.8 Å². The van der Waals surface area contributed by atoms with Crippen LogP contribution in [0.1, 0.15) is 30.4 Å². The highest BCUT2D eigenvalue weighted by molar-refractivity contribution is 5.84. The van der Waals surface area contributed by atoms with Gasteiger partial charge in [-0.15, -0.1) is 0 Å². The first-order chi connectivity index (χ1) is 14.1. The number of likely N-dealkylation sites (tertiary alicyclic amines) is 1. The number of anilines is 1. The summed E-state index contributed by atoms with van der Waals surface area (Å²) >= 11 is 0. The van der Waals surface area contributed by atoms with E-state index in [1.165, 1.54) is 48.9 Å². The van der Waals surface area contributed by atoms with E-state index in [1.807, 2.05) is 0 Å². The maximum Gasteiger partial charge on any atom is 0.129 e. The maximum atomic E-state index is 4.98. The molecule has 0 radical (unpaired) electrons. The van der Waals surface area contributed by atoms with Gasteiger partial charge in [-0.05, 0) is 95.7 Å². The van der Waals surface area contributed by atoms with E-state index >= 15 is 0 Å². The van der Waals surface area contributed by atoms with E-state index in [2.05, 4.69) is 65.3 Å². The minimum Gasteiger partial charge on any atom is -0.354 e. The molecule has 158 valence electrons. The zero-order valence-electron chi connectivity index (χ0n) is 18.5. The number of piperidine rings is 1. The molecule has 0 atom stereocenters. The second-order valence-electron chi connectivity index (χ2n) is 9.07. The Morgan fingerprint density at radius 1 is 0.966 bits per heavy atom. The molecular weight excluding hydrogens is 358 g/mol. The minimum absolute atomic E-state index is 0.710. The molecule has 2 aliphatic rings. The number of likely N-dealkylation sites (N-methyl/N-ethyl adjacent to an activating group) is 1. The van der Waals surface area contributed by atoms with Crippen molar-refractivity contribution >= 4 is 16.7 Å². The van der Waals surface area contributed by atoms with Crippen molar-refractivity contribution in [1.29, 1.82) is 0 Å². The van der Waals surface area contributed by atoms with Crippen LogP contribution in [0.5, 0.6) is 0 Å². The van der Waals surface area contributed by atoms with Crippen molar-refractivity contribution in [3.63, 3.8) is 0 Å². The number of nitrogens with zero attached hydrogens (tertiary/aromatic N) is 4. The number of aryl methyl sites for hydroxylation is 2. The summed E-state index contributed by atoms with van der Waals surface area (Å²) in [5.41, 5.74) is 3.90. The summed E-state index contributed by atoms with van der Waals surface area (Å²) < 4.78 is 0. The second kappa shape index (κ2) is 9.41.